The van der Waals surface area contributed by atoms with Crippen LogP contribution in [-0.4, -0.2) is 32.6 Å². The van der Waals surface area contributed by atoms with Crippen molar-refractivity contribution in [1.29, 1.82) is 0 Å². The molecule has 3 rings (SSSR count). The van der Waals surface area contributed by atoms with Gasteiger partial charge in [0.2, 0.25) is 10.0 Å². The molecule has 0 radical (unpaired) electrons. The third-order valence-electron chi connectivity index (χ3n) is 4.17. The summed E-state index contributed by atoms with van der Waals surface area (Å²) < 4.78 is 33.0. The summed E-state index contributed by atoms with van der Waals surface area (Å²) in [5, 5.41) is 8.89. The first-order valence-electron chi connectivity index (χ1n) is 7.98. The Balaban J connectivity index is 1.74. The molecule has 0 saturated carbocycles. The van der Waals surface area contributed by atoms with Crippen molar-refractivity contribution in [3.8, 4) is 5.75 Å². The highest BCUT2D eigenvalue weighted by Gasteiger charge is 2.24. The van der Waals surface area contributed by atoms with E-state index in [4.69, 9.17) is 9.84 Å². The summed E-state index contributed by atoms with van der Waals surface area (Å²) in [5.41, 5.74) is 1.56. The van der Waals surface area contributed by atoms with Gasteiger partial charge >= 0.3 is 5.97 Å². The molecular formula is C18H19NO5S. The van der Waals surface area contributed by atoms with Crippen LogP contribution in [0.1, 0.15) is 23.5 Å². The zero-order valence-electron chi connectivity index (χ0n) is 13.5. The molecule has 1 heterocycles. The minimum Gasteiger partial charge on any atom is -0.493 e. The summed E-state index contributed by atoms with van der Waals surface area (Å²) in [6.07, 6.45) is 0.629. The minimum atomic E-state index is -3.55. The van der Waals surface area contributed by atoms with Gasteiger partial charge in [0.15, 0.2) is 0 Å². The van der Waals surface area contributed by atoms with Crippen LogP contribution in [0.3, 0.4) is 0 Å². The maximum atomic E-state index is 12.4. The molecule has 2 aromatic rings. The molecular weight excluding hydrogens is 342 g/mol. The molecule has 2 N–H and O–H groups in total. The fourth-order valence-corrected chi connectivity index (χ4v) is 4.00. The number of benzene rings is 2. The Bertz CT molecular complexity index is 864. The lowest BCUT2D eigenvalue weighted by Gasteiger charge is -2.26. The first-order chi connectivity index (χ1) is 12.0. The van der Waals surface area contributed by atoms with Crippen molar-refractivity contribution in [3.05, 3.63) is 59.7 Å². The van der Waals surface area contributed by atoms with E-state index >= 15 is 0 Å². The number of hydrogen-bond donors (Lipinski definition) is 2. The lowest BCUT2D eigenvalue weighted by atomic mass is 9.92. The molecule has 0 saturated heterocycles. The van der Waals surface area contributed by atoms with Gasteiger partial charge in [-0.2, -0.15) is 0 Å². The standard InChI is InChI=1S/C18H19NO5S/c20-18(21)11-13-6-7-16-14(8-9-24-17(16)10-13)12-19-25(22,23)15-4-2-1-3-5-15/h1-7,10,14,19H,8-9,11-12H2,(H,20,21). The Morgan fingerprint density at radius 2 is 1.96 bits per heavy atom. The van der Waals surface area contributed by atoms with Gasteiger partial charge in [-0.25, -0.2) is 13.1 Å². The summed E-state index contributed by atoms with van der Waals surface area (Å²) in [6, 6.07) is 13.5. The van der Waals surface area contributed by atoms with E-state index in [1.54, 1.807) is 42.5 Å². The van der Waals surface area contributed by atoms with Crippen LogP contribution in [0.2, 0.25) is 0 Å². The largest absolute Gasteiger partial charge is 0.493 e. The quantitative estimate of drug-likeness (QED) is 0.822. The Morgan fingerprint density at radius 1 is 1.20 bits per heavy atom. The molecule has 0 fully saturated rings. The van der Waals surface area contributed by atoms with Crippen LogP contribution in [0.5, 0.6) is 5.75 Å². The van der Waals surface area contributed by atoms with E-state index in [9.17, 15) is 13.2 Å². The summed E-state index contributed by atoms with van der Waals surface area (Å²) in [6.45, 7) is 0.743. The van der Waals surface area contributed by atoms with Gasteiger partial charge in [0.25, 0.3) is 0 Å². The third kappa shape index (κ3) is 4.18. The zero-order valence-corrected chi connectivity index (χ0v) is 14.3. The smallest absolute Gasteiger partial charge is 0.307 e. The molecule has 1 atom stereocenters. The number of rotatable bonds is 6. The van der Waals surface area contributed by atoms with Crippen LogP contribution >= 0.6 is 0 Å². The topological polar surface area (TPSA) is 92.7 Å². The number of hydrogen-bond acceptors (Lipinski definition) is 4. The lowest BCUT2D eigenvalue weighted by Crippen LogP contribution is -2.30. The van der Waals surface area contributed by atoms with Gasteiger partial charge in [0.05, 0.1) is 17.9 Å². The highest BCUT2D eigenvalue weighted by Crippen LogP contribution is 2.34. The lowest BCUT2D eigenvalue weighted by molar-refractivity contribution is -0.136. The van der Waals surface area contributed by atoms with E-state index in [0.29, 0.717) is 24.3 Å². The van der Waals surface area contributed by atoms with Gasteiger partial charge in [-0.3, -0.25) is 4.79 Å². The van der Waals surface area contributed by atoms with Gasteiger partial charge in [0, 0.05) is 12.5 Å². The Hall–Kier alpha value is -2.38. The predicted molar refractivity (Wildman–Crippen MR) is 92.3 cm³/mol. The van der Waals surface area contributed by atoms with Gasteiger partial charge in [-0.05, 0) is 35.7 Å². The first kappa shape index (κ1) is 17.4. The number of ether oxygens (including phenoxy) is 1. The Morgan fingerprint density at radius 3 is 2.68 bits per heavy atom. The second-order valence-corrected chi connectivity index (χ2v) is 7.71. The van der Waals surface area contributed by atoms with E-state index in [1.165, 1.54) is 0 Å². The maximum absolute atomic E-state index is 12.4. The van der Waals surface area contributed by atoms with Crippen LogP contribution in [0.4, 0.5) is 0 Å². The van der Waals surface area contributed by atoms with Crippen molar-refractivity contribution in [2.24, 2.45) is 0 Å². The summed E-state index contributed by atoms with van der Waals surface area (Å²) in [4.78, 5) is 11.1. The summed E-state index contributed by atoms with van der Waals surface area (Å²) in [5.74, 6) is -0.280. The minimum absolute atomic E-state index is 0.0129. The average Bonchev–Trinajstić information content (AvgIpc) is 2.60. The fraction of sp³-hybridized carbons (Fsp3) is 0.278. The van der Waals surface area contributed by atoms with Crippen molar-refractivity contribution in [1.82, 2.24) is 4.72 Å². The monoisotopic (exact) mass is 361 g/mol. The van der Waals surface area contributed by atoms with E-state index in [-0.39, 0.29) is 23.8 Å². The highest BCUT2D eigenvalue weighted by atomic mass is 32.2. The molecule has 0 aromatic heterocycles. The Kier molecular flexibility index (Phi) is 5.06. The van der Waals surface area contributed by atoms with Gasteiger partial charge in [-0.1, -0.05) is 30.3 Å². The number of aliphatic carboxylic acids is 1. The van der Waals surface area contributed by atoms with Crippen LogP contribution < -0.4 is 9.46 Å². The molecule has 1 aliphatic rings. The molecule has 1 aliphatic heterocycles. The summed E-state index contributed by atoms with van der Waals surface area (Å²) in [7, 11) is -3.55. The fourth-order valence-electron chi connectivity index (χ4n) is 2.90. The molecule has 2 aromatic carbocycles. The maximum Gasteiger partial charge on any atom is 0.307 e. The average molecular weight is 361 g/mol. The molecule has 0 spiro atoms. The summed E-state index contributed by atoms with van der Waals surface area (Å²) >= 11 is 0. The first-order valence-corrected chi connectivity index (χ1v) is 9.46. The van der Waals surface area contributed by atoms with Crippen molar-refractivity contribution >= 4 is 16.0 Å². The Labute approximate surface area is 146 Å². The van der Waals surface area contributed by atoms with E-state index in [0.717, 1.165) is 5.56 Å². The van der Waals surface area contributed by atoms with Gasteiger partial charge in [-0.15, -0.1) is 0 Å². The predicted octanol–water partition coefficient (Wildman–Crippen LogP) is 2.16. The molecule has 0 bridgehead atoms. The molecule has 6 nitrogen and oxygen atoms in total. The third-order valence-corrected chi connectivity index (χ3v) is 5.61. The molecule has 25 heavy (non-hydrogen) atoms. The number of fused-ring (bicyclic) bond motifs is 1. The van der Waals surface area contributed by atoms with E-state index < -0.39 is 16.0 Å². The van der Waals surface area contributed by atoms with Crippen molar-refractivity contribution in [2.45, 2.75) is 23.7 Å². The molecule has 7 heteroatoms. The molecule has 0 amide bonds. The van der Waals surface area contributed by atoms with Crippen LogP contribution in [0, 0.1) is 0 Å². The second-order valence-electron chi connectivity index (χ2n) is 5.94. The zero-order chi connectivity index (χ0) is 17.9. The second kappa shape index (κ2) is 7.25. The van der Waals surface area contributed by atoms with Crippen molar-refractivity contribution in [2.75, 3.05) is 13.2 Å². The number of carboxylic acids is 1. The van der Waals surface area contributed by atoms with Crippen molar-refractivity contribution in [3.63, 3.8) is 0 Å². The van der Waals surface area contributed by atoms with E-state index in [1.807, 2.05) is 6.07 Å². The van der Waals surface area contributed by atoms with Gasteiger partial charge in [0.1, 0.15) is 5.75 Å². The molecule has 0 aliphatic carbocycles. The van der Waals surface area contributed by atoms with E-state index in [2.05, 4.69) is 4.72 Å². The van der Waals surface area contributed by atoms with Crippen LogP contribution in [0.15, 0.2) is 53.4 Å². The van der Waals surface area contributed by atoms with Crippen LogP contribution in [0.25, 0.3) is 0 Å². The number of sulfonamides is 1. The SMILES string of the molecule is O=C(O)Cc1ccc2c(c1)OCCC2CNS(=O)(=O)c1ccccc1. The van der Waals surface area contributed by atoms with Crippen LogP contribution in [-0.2, 0) is 21.2 Å². The molecule has 1 unspecified atom stereocenters. The van der Waals surface area contributed by atoms with Crippen molar-refractivity contribution < 1.29 is 23.1 Å². The normalized spacial score (nSPS) is 16.7. The number of nitrogens with one attached hydrogen (secondary N) is 1. The highest BCUT2D eigenvalue weighted by molar-refractivity contribution is 7.89. The molecule has 132 valence electrons. The number of carbonyl (C=O) groups is 1. The van der Waals surface area contributed by atoms with Gasteiger partial charge < -0.3 is 9.84 Å². The number of carboxylic acid groups (broad SMARTS) is 1.